The van der Waals surface area contributed by atoms with Crippen LogP contribution in [0.2, 0.25) is 0 Å². The van der Waals surface area contributed by atoms with Crippen LogP contribution in [0.5, 0.6) is 0 Å². The van der Waals surface area contributed by atoms with E-state index < -0.39 is 0 Å². The van der Waals surface area contributed by atoms with E-state index in [0.717, 1.165) is 64.2 Å². The van der Waals surface area contributed by atoms with E-state index >= 15 is 0 Å². The Balaban J connectivity index is 2.33. The van der Waals surface area contributed by atoms with Crippen LogP contribution in [0.25, 0.3) is 0 Å². The lowest BCUT2D eigenvalue weighted by atomic mass is 9.78. The van der Waals surface area contributed by atoms with Gasteiger partial charge in [0.2, 0.25) is 0 Å². The van der Waals surface area contributed by atoms with Gasteiger partial charge in [-0.05, 0) is 106 Å². The first-order valence-electron chi connectivity index (χ1n) is 12.8. The highest BCUT2D eigenvalue weighted by Crippen LogP contribution is 2.31. The molecule has 0 N–H and O–H groups in total. The third kappa shape index (κ3) is 8.93. The lowest BCUT2D eigenvalue weighted by molar-refractivity contribution is -0.125. The van der Waals surface area contributed by atoms with Crippen molar-refractivity contribution >= 4 is 5.78 Å². The minimum atomic E-state index is 0.0225. The standard InChI is InChI=1S/C31H46O/c1-23-11-7-13-25(3)19-21-29(27(5)17-9-15-23)31(32)30-22-20-26(4)14-8-12-24(2)16-10-18-28(30)6/h13-18,29-30H,7-12,19-22H2,1-6H3. The van der Waals surface area contributed by atoms with Crippen LogP contribution in [0.4, 0.5) is 0 Å². The second kappa shape index (κ2) is 13.6. The molecule has 0 saturated carbocycles. The van der Waals surface area contributed by atoms with E-state index in [4.69, 9.17) is 0 Å². The zero-order valence-corrected chi connectivity index (χ0v) is 21.6. The molecule has 0 aromatic heterocycles. The van der Waals surface area contributed by atoms with Crippen LogP contribution in [0.15, 0.2) is 69.9 Å². The fourth-order valence-corrected chi connectivity index (χ4v) is 4.85. The topological polar surface area (TPSA) is 17.1 Å². The summed E-state index contributed by atoms with van der Waals surface area (Å²) in [6.07, 6.45) is 24.3. The van der Waals surface area contributed by atoms with Crippen LogP contribution in [0.3, 0.4) is 0 Å². The third-order valence-electron chi connectivity index (χ3n) is 7.32. The van der Waals surface area contributed by atoms with Crippen LogP contribution in [0, 0.1) is 11.8 Å². The second-order valence-corrected chi connectivity index (χ2v) is 10.2. The first kappa shape index (κ1) is 26.4. The molecule has 0 aliphatic heterocycles. The average molecular weight is 435 g/mol. The van der Waals surface area contributed by atoms with Crippen molar-refractivity contribution in [3.05, 3.63) is 69.9 Å². The van der Waals surface area contributed by atoms with Crippen molar-refractivity contribution in [3.63, 3.8) is 0 Å². The van der Waals surface area contributed by atoms with Gasteiger partial charge in [0.25, 0.3) is 0 Å². The molecule has 0 amide bonds. The quantitative estimate of drug-likeness (QED) is 0.395. The first-order chi connectivity index (χ1) is 15.3. The molecule has 0 aromatic rings. The van der Waals surface area contributed by atoms with Crippen LogP contribution in [-0.4, -0.2) is 5.78 Å². The highest BCUT2D eigenvalue weighted by atomic mass is 16.1. The maximum Gasteiger partial charge on any atom is 0.147 e. The van der Waals surface area contributed by atoms with E-state index in [1.54, 1.807) is 0 Å². The summed E-state index contributed by atoms with van der Waals surface area (Å²) in [4.78, 5) is 14.0. The maximum absolute atomic E-state index is 14.0. The zero-order chi connectivity index (χ0) is 23.5. The number of rotatable bonds is 2. The van der Waals surface area contributed by atoms with Gasteiger partial charge in [-0.15, -0.1) is 0 Å². The molecule has 0 heterocycles. The highest BCUT2D eigenvalue weighted by Gasteiger charge is 2.29. The Hall–Kier alpha value is -1.89. The molecule has 2 aliphatic carbocycles. The van der Waals surface area contributed by atoms with E-state index in [1.807, 2.05) is 0 Å². The normalized spacial score (nSPS) is 25.2. The second-order valence-electron chi connectivity index (χ2n) is 10.2. The lowest BCUT2D eigenvalue weighted by Crippen LogP contribution is -2.26. The number of Topliss-reactive ketones (excluding diaryl/α,β-unsaturated/α-hetero) is 1. The number of hydrogen-bond acceptors (Lipinski definition) is 1. The minimum absolute atomic E-state index is 0.0225. The maximum atomic E-state index is 14.0. The van der Waals surface area contributed by atoms with Gasteiger partial charge in [0.15, 0.2) is 0 Å². The number of carbonyl (C=O) groups is 1. The molecular weight excluding hydrogens is 388 g/mol. The Morgan fingerprint density at radius 3 is 1.34 bits per heavy atom. The van der Waals surface area contributed by atoms with E-state index in [1.165, 1.54) is 33.4 Å². The van der Waals surface area contributed by atoms with Gasteiger partial charge in [-0.25, -0.2) is 0 Å². The van der Waals surface area contributed by atoms with E-state index in [2.05, 4.69) is 78.0 Å². The molecular formula is C31H46O. The Labute approximate surface area is 198 Å². The summed E-state index contributed by atoms with van der Waals surface area (Å²) in [6.45, 7) is 13.3. The summed E-state index contributed by atoms with van der Waals surface area (Å²) in [5, 5.41) is 0. The highest BCUT2D eigenvalue weighted by molar-refractivity contribution is 5.88. The molecule has 176 valence electrons. The average Bonchev–Trinajstić information content (AvgIpc) is 2.72. The molecule has 2 rings (SSSR count). The SMILES string of the molecule is CC1=CCC=C(C)C(C(=O)C2CCC(C)=CCCC(C)=CCC=C2C)CCC(C)=CCC1. The van der Waals surface area contributed by atoms with Gasteiger partial charge < -0.3 is 0 Å². The van der Waals surface area contributed by atoms with Gasteiger partial charge >= 0.3 is 0 Å². The molecule has 0 radical (unpaired) electrons. The summed E-state index contributed by atoms with van der Waals surface area (Å²) in [6, 6.07) is 0. The monoisotopic (exact) mass is 434 g/mol. The van der Waals surface area contributed by atoms with Crippen LogP contribution >= 0.6 is 0 Å². The molecule has 2 unspecified atom stereocenters. The lowest BCUT2D eigenvalue weighted by Gasteiger charge is -2.25. The van der Waals surface area contributed by atoms with Crippen LogP contribution in [-0.2, 0) is 4.79 Å². The van der Waals surface area contributed by atoms with Crippen LogP contribution < -0.4 is 0 Å². The van der Waals surface area contributed by atoms with Crippen molar-refractivity contribution in [1.82, 2.24) is 0 Å². The predicted octanol–water partition coefficient (Wildman–Crippen LogP) is 9.39. The Morgan fingerprint density at radius 1 is 0.562 bits per heavy atom. The first-order valence-corrected chi connectivity index (χ1v) is 12.8. The van der Waals surface area contributed by atoms with Gasteiger partial charge in [-0.2, -0.15) is 0 Å². The molecule has 0 spiro atoms. The van der Waals surface area contributed by atoms with Crippen molar-refractivity contribution in [2.45, 2.75) is 106 Å². The summed E-state index contributed by atoms with van der Waals surface area (Å²) < 4.78 is 0. The van der Waals surface area contributed by atoms with Crippen molar-refractivity contribution in [1.29, 1.82) is 0 Å². The van der Waals surface area contributed by atoms with Gasteiger partial charge in [-0.3, -0.25) is 4.79 Å². The van der Waals surface area contributed by atoms with Gasteiger partial charge in [0, 0.05) is 11.8 Å². The smallest absolute Gasteiger partial charge is 0.147 e. The molecule has 0 saturated heterocycles. The molecule has 0 bridgehead atoms. The van der Waals surface area contributed by atoms with Crippen molar-refractivity contribution in [3.8, 4) is 0 Å². The van der Waals surface area contributed by atoms with Gasteiger partial charge in [-0.1, -0.05) is 69.9 Å². The molecule has 0 aromatic carbocycles. The molecule has 1 heteroatoms. The van der Waals surface area contributed by atoms with E-state index in [-0.39, 0.29) is 11.8 Å². The molecule has 2 aliphatic rings. The molecule has 2 atom stereocenters. The molecule has 32 heavy (non-hydrogen) atoms. The van der Waals surface area contributed by atoms with Crippen LogP contribution in [0.1, 0.15) is 106 Å². The summed E-state index contributed by atoms with van der Waals surface area (Å²) in [5.74, 6) is 0.479. The number of carbonyl (C=O) groups excluding carboxylic acids is 1. The fraction of sp³-hybridized carbons (Fsp3) is 0.581. The number of allylic oxidation sites excluding steroid dienone is 12. The van der Waals surface area contributed by atoms with Crippen molar-refractivity contribution < 1.29 is 4.79 Å². The van der Waals surface area contributed by atoms with Gasteiger partial charge in [0.05, 0.1) is 0 Å². The molecule has 1 nitrogen and oxygen atoms in total. The Kier molecular flexibility index (Phi) is 11.2. The molecule has 0 fully saturated rings. The number of hydrogen-bond donors (Lipinski definition) is 0. The summed E-state index contributed by atoms with van der Waals surface area (Å²) >= 11 is 0. The summed E-state index contributed by atoms with van der Waals surface area (Å²) in [5.41, 5.74) is 8.27. The fourth-order valence-electron chi connectivity index (χ4n) is 4.85. The largest absolute Gasteiger partial charge is 0.298 e. The minimum Gasteiger partial charge on any atom is -0.298 e. The Bertz CT molecular complexity index is 757. The Morgan fingerprint density at radius 2 is 0.938 bits per heavy atom. The third-order valence-corrected chi connectivity index (χ3v) is 7.32. The number of ketones is 1. The van der Waals surface area contributed by atoms with Crippen molar-refractivity contribution in [2.75, 3.05) is 0 Å². The van der Waals surface area contributed by atoms with E-state index in [0.29, 0.717) is 5.78 Å². The van der Waals surface area contributed by atoms with Gasteiger partial charge in [0.1, 0.15) is 5.78 Å². The van der Waals surface area contributed by atoms with E-state index in [9.17, 15) is 4.79 Å². The zero-order valence-electron chi connectivity index (χ0n) is 21.6. The predicted molar refractivity (Wildman–Crippen MR) is 141 cm³/mol. The van der Waals surface area contributed by atoms with Crippen molar-refractivity contribution in [2.24, 2.45) is 11.8 Å². The summed E-state index contributed by atoms with van der Waals surface area (Å²) in [7, 11) is 0.